The minimum absolute atomic E-state index is 0.162. The van der Waals surface area contributed by atoms with Gasteiger partial charge in [-0.15, -0.1) is 0 Å². The first-order valence-corrected chi connectivity index (χ1v) is 7.54. The van der Waals surface area contributed by atoms with Crippen LogP contribution in [0.1, 0.15) is 32.3 Å². The van der Waals surface area contributed by atoms with Crippen LogP contribution in [0.4, 0.5) is 0 Å². The highest BCUT2D eigenvalue weighted by atomic mass is 16.5. The Bertz CT molecular complexity index is 550. The van der Waals surface area contributed by atoms with E-state index in [2.05, 4.69) is 0 Å². The Hall–Kier alpha value is -2.04. The number of carbonyl (C=O) groups is 2. The molecule has 1 aromatic rings. The number of carboxylic acid groups (broad SMARTS) is 1. The lowest BCUT2D eigenvalue weighted by atomic mass is 9.92. The first-order chi connectivity index (χ1) is 10.3. The molecule has 1 unspecified atom stereocenters. The van der Waals surface area contributed by atoms with Crippen LogP contribution in [-0.2, 0) is 9.59 Å². The van der Waals surface area contributed by atoms with Gasteiger partial charge in [-0.3, -0.25) is 4.79 Å². The summed E-state index contributed by atoms with van der Waals surface area (Å²) in [5, 5.41) is 9.21. The number of aryl methyl sites for hydroxylation is 1. The number of benzene rings is 1. The zero-order chi connectivity index (χ0) is 16.3. The number of amides is 1. The molecule has 1 aliphatic rings. The highest BCUT2D eigenvalue weighted by Gasteiger charge is 2.41. The Morgan fingerprint density at radius 1 is 1.32 bits per heavy atom. The fraction of sp³-hybridized carbons (Fsp3) is 0.529. The second-order valence-electron chi connectivity index (χ2n) is 6.48. The van der Waals surface area contributed by atoms with Gasteiger partial charge in [0.1, 0.15) is 18.4 Å². The molecule has 1 N–H and O–H groups in total. The van der Waals surface area contributed by atoms with E-state index in [1.165, 1.54) is 4.90 Å². The van der Waals surface area contributed by atoms with Crippen LogP contribution in [0.2, 0.25) is 0 Å². The maximum atomic E-state index is 12.6. The van der Waals surface area contributed by atoms with E-state index in [1.807, 2.05) is 31.2 Å². The van der Waals surface area contributed by atoms with Crippen LogP contribution in [0.25, 0.3) is 0 Å². The van der Waals surface area contributed by atoms with Gasteiger partial charge in [0.15, 0.2) is 0 Å². The Balaban J connectivity index is 2.01. The molecule has 22 heavy (non-hydrogen) atoms. The average molecular weight is 305 g/mol. The molecule has 1 heterocycles. The lowest BCUT2D eigenvalue weighted by molar-refractivity contribution is -0.153. The van der Waals surface area contributed by atoms with Crippen LogP contribution >= 0.6 is 0 Å². The molecule has 0 bridgehead atoms. The molecule has 5 heteroatoms. The largest absolute Gasteiger partial charge is 0.492 e. The monoisotopic (exact) mass is 305 g/mol. The normalized spacial score (nSPS) is 18.3. The van der Waals surface area contributed by atoms with Crippen molar-refractivity contribution >= 4 is 11.9 Å². The number of likely N-dealkylation sites (tertiary alicyclic amines) is 1. The van der Waals surface area contributed by atoms with Crippen molar-refractivity contribution in [2.75, 3.05) is 13.2 Å². The number of rotatable bonds is 5. The van der Waals surface area contributed by atoms with Gasteiger partial charge in [-0.05, 0) is 45.7 Å². The summed E-state index contributed by atoms with van der Waals surface area (Å²) >= 11 is 0. The third-order valence-electron chi connectivity index (χ3n) is 4.00. The summed E-state index contributed by atoms with van der Waals surface area (Å²) in [6.45, 7) is 6.31. The molecule has 120 valence electrons. The highest BCUT2D eigenvalue weighted by molar-refractivity contribution is 5.87. The molecule has 0 aliphatic carbocycles. The van der Waals surface area contributed by atoms with Crippen molar-refractivity contribution in [1.29, 1.82) is 0 Å². The number of hydrogen-bond donors (Lipinski definition) is 1. The predicted octanol–water partition coefficient (Wildman–Crippen LogP) is 2.48. The number of ether oxygens (including phenoxy) is 1. The van der Waals surface area contributed by atoms with Crippen LogP contribution in [-0.4, -0.2) is 41.1 Å². The predicted molar refractivity (Wildman–Crippen MR) is 82.8 cm³/mol. The molecule has 0 aromatic heterocycles. The van der Waals surface area contributed by atoms with Gasteiger partial charge < -0.3 is 14.7 Å². The molecular weight excluding hydrogens is 282 g/mol. The average Bonchev–Trinajstić information content (AvgIpc) is 2.95. The van der Waals surface area contributed by atoms with E-state index < -0.39 is 17.4 Å². The smallest absolute Gasteiger partial charge is 0.326 e. The van der Waals surface area contributed by atoms with Crippen LogP contribution in [0.5, 0.6) is 5.75 Å². The van der Waals surface area contributed by atoms with Crippen molar-refractivity contribution in [3.05, 3.63) is 29.8 Å². The van der Waals surface area contributed by atoms with Crippen molar-refractivity contribution < 1.29 is 19.4 Å². The third kappa shape index (κ3) is 3.59. The lowest BCUT2D eigenvalue weighted by Gasteiger charge is -2.31. The number of carboxylic acids is 1. The van der Waals surface area contributed by atoms with E-state index >= 15 is 0 Å². The second kappa shape index (κ2) is 6.38. The summed E-state index contributed by atoms with van der Waals surface area (Å²) in [6.07, 6.45) is 1.26. The minimum atomic E-state index is -0.930. The van der Waals surface area contributed by atoms with Gasteiger partial charge in [-0.2, -0.15) is 0 Å². The molecule has 5 nitrogen and oxygen atoms in total. The van der Waals surface area contributed by atoms with Crippen molar-refractivity contribution in [3.63, 3.8) is 0 Å². The van der Waals surface area contributed by atoms with Gasteiger partial charge in [0.25, 0.3) is 0 Å². The van der Waals surface area contributed by atoms with Crippen molar-refractivity contribution in [2.24, 2.45) is 5.41 Å². The first-order valence-electron chi connectivity index (χ1n) is 7.54. The highest BCUT2D eigenvalue weighted by Crippen LogP contribution is 2.27. The summed E-state index contributed by atoms with van der Waals surface area (Å²) in [7, 11) is 0. The molecule has 0 radical (unpaired) electrons. The molecule has 1 aliphatic heterocycles. The third-order valence-corrected chi connectivity index (χ3v) is 4.00. The Kier molecular flexibility index (Phi) is 4.74. The topological polar surface area (TPSA) is 66.8 Å². The molecule has 1 atom stereocenters. The molecular formula is C17H23NO4. The van der Waals surface area contributed by atoms with Crippen molar-refractivity contribution in [3.8, 4) is 5.75 Å². The molecule has 0 spiro atoms. The zero-order valence-corrected chi connectivity index (χ0v) is 13.3. The van der Waals surface area contributed by atoms with Crippen LogP contribution in [0, 0.1) is 12.3 Å². The first kappa shape index (κ1) is 16.3. The van der Waals surface area contributed by atoms with Gasteiger partial charge >= 0.3 is 5.97 Å². The second-order valence-corrected chi connectivity index (χ2v) is 6.48. The fourth-order valence-electron chi connectivity index (χ4n) is 2.62. The maximum absolute atomic E-state index is 12.6. The van der Waals surface area contributed by atoms with E-state index in [-0.39, 0.29) is 12.5 Å². The van der Waals surface area contributed by atoms with E-state index in [4.69, 9.17) is 4.74 Å². The molecule has 0 saturated carbocycles. The Morgan fingerprint density at radius 3 is 2.55 bits per heavy atom. The van der Waals surface area contributed by atoms with Crippen molar-refractivity contribution in [1.82, 2.24) is 4.90 Å². The number of carbonyl (C=O) groups excluding carboxylic acids is 1. The molecule has 1 amide bonds. The standard InChI is InChI=1S/C17H23NO4/c1-12-6-8-13(9-7-12)22-11-17(2,3)16(21)18-10-4-5-14(18)15(19)20/h6-9,14H,4-5,10-11H2,1-3H3,(H,19,20). The quantitative estimate of drug-likeness (QED) is 0.907. The molecule has 1 saturated heterocycles. The summed E-state index contributed by atoms with van der Waals surface area (Å²) in [5.74, 6) is -0.381. The summed E-state index contributed by atoms with van der Waals surface area (Å²) < 4.78 is 5.71. The SMILES string of the molecule is Cc1ccc(OCC(C)(C)C(=O)N2CCCC2C(=O)O)cc1. The van der Waals surface area contributed by atoms with Crippen molar-refractivity contribution in [2.45, 2.75) is 39.7 Å². The Labute approximate surface area is 130 Å². The van der Waals surface area contributed by atoms with Gasteiger partial charge in [0.05, 0.1) is 5.41 Å². The number of hydrogen-bond acceptors (Lipinski definition) is 3. The summed E-state index contributed by atoms with van der Waals surface area (Å²) in [6, 6.07) is 6.93. The summed E-state index contributed by atoms with van der Waals surface area (Å²) in [5.41, 5.74) is 0.382. The number of nitrogens with zero attached hydrogens (tertiary/aromatic N) is 1. The molecule has 1 aromatic carbocycles. The van der Waals surface area contributed by atoms with Crippen LogP contribution < -0.4 is 4.74 Å². The molecule has 2 rings (SSSR count). The zero-order valence-electron chi connectivity index (χ0n) is 13.3. The van der Waals surface area contributed by atoms with Gasteiger partial charge in [0.2, 0.25) is 5.91 Å². The van der Waals surface area contributed by atoms with Gasteiger partial charge in [0, 0.05) is 6.54 Å². The van der Waals surface area contributed by atoms with E-state index in [0.29, 0.717) is 18.7 Å². The lowest BCUT2D eigenvalue weighted by Crippen LogP contribution is -2.48. The summed E-state index contributed by atoms with van der Waals surface area (Å²) in [4.78, 5) is 25.3. The fourth-order valence-corrected chi connectivity index (χ4v) is 2.62. The van der Waals surface area contributed by atoms with Crippen LogP contribution in [0.15, 0.2) is 24.3 Å². The van der Waals surface area contributed by atoms with E-state index in [0.717, 1.165) is 12.0 Å². The number of aliphatic carboxylic acids is 1. The molecule has 1 fully saturated rings. The van der Waals surface area contributed by atoms with Crippen LogP contribution in [0.3, 0.4) is 0 Å². The van der Waals surface area contributed by atoms with E-state index in [1.54, 1.807) is 13.8 Å². The Morgan fingerprint density at radius 2 is 1.95 bits per heavy atom. The van der Waals surface area contributed by atoms with E-state index in [9.17, 15) is 14.7 Å². The minimum Gasteiger partial charge on any atom is -0.492 e. The van der Waals surface area contributed by atoms with Gasteiger partial charge in [-0.25, -0.2) is 4.79 Å². The van der Waals surface area contributed by atoms with Gasteiger partial charge in [-0.1, -0.05) is 17.7 Å². The maximum Gasteiger partial charge on any atom is 0.326 e.